The molecule has 5 nitrogen and oxygen atoms in total. The molecular formula is C22H28N2O3. The van der Waals surface area contributed by atoms with E-state index in [1.54, 1.807) is 4.90 Å². The summed E-state index contributed by atoms with van der Waals surface area (Å²) in [6.07, 6.45) is 1.40. The Morgan fingerprint density at radius 3 is 2.41 bits per heavy atom. The molecule has 0 bridgehead atoms. The Hall–Kier alpha value is -2.37. The van der Waals surface area contributed by atoms with Crippen molar-refractivity contribution in [2.24, 2.45) is 0 Å². The van der Waals surface area contributed by atoms with Gasteiger partial charge in [-0.15, -0.1) is 0 Å². The van der Waals surface area contributed by atoms with Gasteiger partial charge in [-0.2, -0.15) is 0 Å². The predicted octanol–water partition coefficient (Wildman–Crippen LogP) is 3.75. The zero-order valence-electron chi connectivity index (χ0n) is 15.6. The average molecular weight is 368 g/mol. The molecule has 5 heteroatoms. The minimum Gasteiger partial charge on any atom is -0.465 e. The van der Waals surface area contributed by atoms with Crippen molar-refractivity contribution < 1.29 is 15.0 Å². The van der Waals surface area contributed by atoms with Crippen LogP contribution in [0.25, 0.3) is 0 Å². The van der Waals surface area contributed by atoms with Gasteiger partial charge in [0.15, 0.2) is 0 Å². The van der Waals surface area contributed by atoms with Gasteiger partial charge in [-0.05, 0) is 30.4 Å². The number of benzene rings is 2. The van der Waals surface area contributed by atoms with Crippen LogP contribution in [0.4, 0.5) is 4.79 Å². The van der Waals surface area contributed by atoms with E-state index in [1.165, 1.54) is 0 Å². The number of aliphatic hydroxyl groups excluding tert-OH is 1. The number of hydrogen-bond donors (Lipinski definition) is 2. The Morgan fingerprint density at radius 2 is 1.74 bits per heavy atom. The molecule has 2 N–H and O–H groups in total. The molecule has 2 atom stereocenters. The van der Waals surface area contributed by atoms with E-state index in [4.69, 9.17) is 0 Å². The van der Waals surface area contributed by atoms with Crippen LogP contribution in [-0.2, 0) is 6.54 Å². The SMILES string of the molecule is O=C(O)N1CCCCC1CN(Cc1ccccc1)CC(O)c1ccccc1. The standard InChI is InChI=1S/C22H28N2O3/c25-21(19-11-5-2-6-12-19)17-23(15-18-9-3-1-4-10-18)16-20-13-7-8-14-24(20)22(26)27/h1-6,9-12,20-21,25H,7-8,13-17H2,(H,26,27). The molecule has 1 aliphatic rings. The van der Waals surface area contributed by atoms with Crippen molar-refractivity contribution >= 4 is 6.09 Å². The monoisotopic (exact) mass is 368 g/mol. The maximum Gasteiger partial charge on any atom is 0.407 e. The van der Waals surface area contributed by atoms with Crippen LogP contribution in [0.5, 0.6) is 0 Å². The second-order valence-electron chi connectivity index (χ2n) is 7.23. The lowest BCUT2D eigenvalue weighted by Gasteiger charge is -2.37. The summed E-state index contributed by atoms with van der Waals surface area (Å²) in [5.41, 5.74) is 2.05. The number of carbonyl (C=O) groups is 1. The van der Waals surface area contributed by atoms with Gasteiger partial charge in [0.05, 0.1) is 6.10 Å². The average Bonchev–Trinajstić information content (AvgIpc) is 2.69. The Balaban J connectivity index is 1.73. The Kier molecular flexibility index (Phi) is 6.85. The lowest BCUT2D eigenvalue weighted by molar-refractivity contribution is 0.0626. The fourth-order valence-electron chi connectivity index (χ4n) is 3.81. The highest BCUT2D eigenvalue weighted by molar-refractivity contribution is 5.65. The largest absolute Gasteiger partial charge is 0.465 e. The first-order chi connectivity index (χ1) is 13.1. The lowest BCUT2D eigenvalue weighted by Crippen LogP contribution is -2.49. The van der Waals surface area contributed by atoms with Crippen molar-refractivity contribution in [1.29, 1.82) is 0 Å². The summed E-state index contributed by atoms with van der Waals surface area (Å²) < 4.78 is 0. The molecule has 1 aliphatic heterocycles. The fourth-order valence-corrected chi connectivity index (χ4v) is 3.81. The molecule has 2 aromatic rings. The van der Waals surface area contributed by atoms with Crippen molar-refractivity contribution in [2.45, 2.75) is 38.0 Å². The van der Waals surface area contributed by atoms with Crippen molar-refractivity contribution in [3.63, 3.8) is 0 Å². The fraction of sp³-hybridized carbons (Fsp3) is 0.409. The highest BCUT2D eigenvalue weighted by atomic mass is 16.4. The van der Waals surface area contributed by atoms with Gasteiger partial charge in [0, 0.05) is 32.2 Å². The van der Waals surface area contributed by atoms with E-state index in [-0.39, 0.29) is 6.04 Å². The normalized spacial score (nSPS) is 18.4. The van der Waals surface area contributed by atoms with E-state index < -0.39 is 12.2 Å². The molecule has 1 heterocycles. The van der Waals surface area contributed by atoms with Crippen LogP contribution in [0.15, 0.2) is 60.7 Å². The maximum absolute atomic E-state index is 11.6. The summed E-state index contributed by atoms with van der Waals surface area (Å²) in [7, 11) is 0. The van der Waals surface area contributed by atoms with Gasteiger partial charge in [-0.1, -0.05) is 60.7 Å². The molecule has 0 aliphatic carbocycles. The minimum atomic E-state index is -0.844. The lowest BCUT2D eigenvalue weighted by atomic mass is 10.0. The third-order valence-electron chi connectivity index (χ3n) is 5.21. The zero-order chi connectivity index (χ0) is 19.1. The van der Waals surface area contributed by atoms with E-state index in [0.29, 0.717) is 26.2 Å². The molecule has 1 saturated heterocycles. The smallest absolute Gasteiger partial charge is 0.407 e. The van der Waals surface area contributed by atoms with Crippen LogP contribution in [0.2, 0.25) is 0 Å². The Bertz CT molecular complexity index is 708. The van der Waals surface area contributed by atoms with Crippen LogP contribution in [0.3, 0.4) is 0 Å². The third kappa shape index (κ3) is 5.55. The van der Waals surface area contributed by atoms with Crippen molar-refractivity contribution in [2.75, 3.05) is 19.6 Å². The number of amides is 1. The first-order valence-corrected chi connectivity index (χ1v) is 9.62. The van der Waals surface area contributed by atoms with Crippen LogP contribution in [0, 0.1) is 0 Å². The van der Waals surface area contributed by atoms with Crippen LogP contribution in [0.1, 0.15) is 36.5 Å². The Morgan fingerprint density at radius 1 is 1.07 bits per heavy atom. The first-order valence-electron chi connectivity index (χ1n) is 9.62. The highest BCUT2D eigenvalue weighted by Gasteiger charge is 2.28. The quantitative estimate of drug-likeness (QED) is 0.781. The molecule has 0 radical (unpaired) electrons. The second-order valence-corrected chi connectivity index (χ2v) is 7.23. The van der Waals surface area contributed by atoms with E-state index in [1.807, 2.05) is 48.5 Å². The summed E-state index contributed by atoms with van der Waals surface area (Å²) in [4.78, 5) is 15.4. The summed E-state index contributed by atoms with van der Waals surface area (Å²) in [5, 5.41) is 20.2. The highest BCUT2D eigenvalue weighted by Crippen LogP contribution is 2.21. The second kappa shape index (κ2) is 9.53. The van der Waals surface area contributed by atoms with Gasteiger partial charge < -0.3 is 15.1 Å². The zero-order valence-corrected chi connectivity index (χ0v) is 15.6. The summed E-state index contributed by atoms with van der Waals surface area (Å²) in [6, 6.07) is 19.7. The van der Waals surface area contributed by atoms with Crippen LogP contribution < -0.4 is 0 Å². The number of piperidine rings is 1. The van der Waals surface area contributed by atoms with Crippen molar-refractivity contribution in [3.8, 4) is 0 Å². The van der Waals surface area contributed by atoms with E-state index in [9.17, 15) is 15.0 Å². The molecule has 144 valence electrons. The van der Waals surface area contributed by atoms with Gasteiger partial charge in [-0.3, -0.25) is 4.90 Å². The van der Waals surface area contributed by atoms with Crippen LogP contribution >= 0.6 is 0 Å². The van der Waals surface area contributed by atoms with E-state index in [2.05, 4.69) is 17.0 Å². The molecule has 3 rings (SSSR count). The van der Waals surface area contributed by atoms with Gasteiger partial charge in [0.2, 0.25) is 0 Å². The third-order valence-corrected chi connectivity index (χ3v) is 5.21. The number of likely N-dealkylation sites (tertiary alicyclic amines) is 1. The minimum absolute atomic E-state index is 0.0251. The number of nitrogens with zero attached hydrogens (tertiary/aromatic N) is 2. The number of rotatable bonds is 7. The predicted molar refractivity (Wildman–Crippen MR) is 105 cm³/mol. The molecular weight excluding hydrogens is 340 g/mol. The summed E-state index contributed by atoms with van der Waals surface area (Å²) in [5.74, 6) is 0. The van der Waals surface area contributed by atoms with Gasteiger partial charge in [-0.25, -0.2) is 4.79 Å². The molecule has 27 heavy (non-hydrogen) atoms. The summed E-state index contributed by atoms with van der Waals surface area (Å²) >= 11 is 0. The number of carboxylic acid groups (broad SMARTS) is 1. The van der Waals surface area contributed by atoms with Gasteiger partial charge >= 0.3 is 6.09 Å². The van der Waals surface area contributed by atoms with Crippen LogP contribution in [-0.4, -0.2) is 51.8 Å². The Labute approximate surface area is 160 Å². The summed E-state index contributed by atoms with van der Waals surface area (Å²) in [6.45, 7) is 2.39. The van der Waals surface area contributed by atoms with Crippen molar-refractivity contribution in [3.05, 3.63) is 71.8 Å². The molecule has 1 amide bonds. The number of aliphatic hydroxyl groups is 1. The topological polar surface area (TPSA) is 64.0 Å². The first kappa shape index (κ1) is 19.4. The molecule has 0 spiro atoms. The molecule has 2 unspecified atom stereocenters. The van der Waals surface area contributed by atoms with E-state index in [0.717, 1.165) is 30.4 Å². The van der Waals surface area contributed by atoms with Gasteiger partial charge in [0.1, 0.15) is 0 Å². The molecule has 0 saturated carbocycles. The molecule has 0 aromatic heterocycles. The molecule has 1 fully saturated rings. The van der Waals surface area contributed by atoms with Gasteiger partial charge in [0.25, 0.3) is 0 Å². The van der Waals surface area contributed by atoms with Crippen molar-refractivity contribution in [1.82, 2.24) is 9.80 Å². The molecule has 2 aromatic carbocycles. The maximum atomic E-state index is 11.6. The number of hydrogen-bond acceptors (Lipinski definition) is 3. The van der Waals surface area contributed by atoms with E-state index >= 15 is 0 Å².